The van der Waals surface area contributed by atoms with Crippen LogP contribution in [0.1, 0.15) is 35.8 Å². The fourth-order valence-electron chi connectivity index (χ4n) is 1.97. The largest absolute Gasteiger partial charge is 0.340 e. The Kier molecular flexibility index (Phi) is 5.33. The monoisotopic (exact) mass is 303 g/mol. The van der Waals surface area contributed by atoms with Gasteiger partial charge in [0.15, 0.2) is 5.13 Å². The van der Waals surface area contributed by atoms with Gasteiger partial charge in [0.1, 0.15) is 5.69 Å². The molecule has 112 valence electrons. The van der Waals surface area contributed by atoms with E-state index >= 15 is 0 Å². The van der Waals surface area contributed by atoms with Crippen LogP contribution in [0.25, 0.3) is 0 Å². The van der Waals surface area contributed by atoms with Gasteiger partial charge in [-0.1, -0.05) is 25.5 Å². The first-order chi connectivity index (χ1) is 10.1. The summed E-state index contributed by atoms with van der Waals surface area (Å²) in [5.74, 6) is -0.0167. The number of aromatic nitrogens is 1. The van der Waals surface area contributed by atoms with Crippen LogP contribution in [-0.4, -0.2) is 29.4 Å². The average molecular weight is 303 g/mol. The molecule has 21 heavy (non-hydrogen) atoms. The third kappa shape index (κ3) is 4.29. The average Bonchev–Trinajstić information content (AvgIpc) is 2.92. The molecule has 0 atom stereocenters. The molecule has 0 bridgehead atoms. The van der Waals surface area contributed by atoms with Gasteiger partial charge in [-0.15, -0.1) is 11.3 Å². The molecule has 0 aliphatic rings. The lowest BCUT2D eigenvalue weighted by Gasteiger charge is -2.14. The van der Waals surface area contributed by atoms with Crippen molar-refractivity contribution in [2.75, 3.05) is 18.9 Å². The highest BCUT2D eigenvalue weighted by molar-refractivity contribution is 7.14. The second-order valence-electron chi connectivity index (χ2n) is 5.11. The minimum absolute atomic E-state index is 0.0167. The van der Waals surface area contributed by atoms with E-state index in [1.807, 2.05) is 37.6 Å². The predicted octanol–water partition coefficient (Wildman–Crippen LogP) is 4.07. The highest BCUT2D eigenvalue weighted by Gasteiger charge is 2.15. The van der Waals surface area contributed by atoms with Crippen LogP contribution in [0, 0.1) is 6.92 Å². The number of anilines is 2. The van der Waals surface area contributed by atoms with Gasteiger partial charge in [-0.05, 0) is 31.0 Å². The Balaban J connectivity index is 2.02. The number of aryl methyl sites for hydroxylation is 1. The summed E-state index contributed by atoms with van der Waals surface area (Å²) in [6.45, 7) is 4.93. The second kappa shape index (κ2) is 7.22. The lowest BCUT2D eigenvalue weighted by molar-refractivity contribution is 0.0788. The molecule has 0 aliphatic heterocycles. The molecule has 2 aromatic rings. The number of nitrogens with zero attached hydrogens (tertiary/aromatic N) is 2. The predicted molar refractivity (Wildman–Crippen MR) is 88.4 cm³/mol. The van der Waals surface area contributed by atoms with Crippen molar-refractivity contribution >= 4 is 28.1 Å². The molecule has 1 N–H and O–H groups in total. The van der Waals surface area contributed by atoms with E-state index in [0.717, 1.165) is 30.2 Å². The molecule has 1 heterocycles. The number of hydrogen-bond acceptors (Lipinski definition) is 4. The van der Waals surface area contributed by atoms with Gasteiger partial charge in [-0.2, -0.15) is 0 Å². The normalized spacial score (nSPS) is 10.4. The third-order valence-electron chi connectivity index (χ3n) is 3.19. The number of nitrogens with one attached hydrogen (secondary N) is 1. The van der Waals surface area contributed by atoms with E-state index in [1.54, 1.807) is 4.90 Å². The second-order valence-corrected chi connectivity index (χ2v) is 5.97. The summed E-state index contributed by atoms with van der Waals surface area (Å²) in [6, 6.07) is 8.08. The van der Waals surface area contributed by atoms with E-state index < -0.39 is 0 Å². The number of unbranched alkanes of at least 4 members (excludes halogenated alkanes) is 1. The topological polar surface area (TPSA) is 45.2 Å². The van der Waals surface area contributed by atoms with Crippen LogP contribution in [0.2, 0.25) is 0 Å². The van der Waals surface area contributed by atoms with Crippen molar-refractivity contribution in [3.8, 4) is 0 Å². The van der Waals surface area contributed by atoms with E-state index in [9.17, 15) is 4.79 Å². The molecule has 0 spiro atoms. The number of rotatable bonds is 6. The van der Waals surface area contributed by atoms with Crippen molar-refractivity contribution in [3.05, 3.63) is 40.9 Å². The molecular weight excluding hydrogens is 282 g/mol. The molecule has 0 saturated heterocycles. The van der Waals surface area contributed by atoms with Crippen LogP contribution in [-0.2, 0) is 0 Å². The van der Waals surface area contributed by atoms with Crippen molar-refractivity contribution in [2.45, 2.75) is 26.7 Å². The summed E-state index contributed by atoms with van der Waals surface area (Å²) in [7, 11) is 1.82. The SMILES string of the molecule is CCCCN(C)C(=O)c1csc(Nc2cccc(C)c2)n1. The van der Waals surface area contributed by atoms with Gasteiger partial charge >= 0.3 is 0 Å². The van der Waals surface area contributed by atoms with Gasteiger partial charge in [0.05, 0.1) is 0 Å². The highest BCUT2D eigenvalue weighted by atomic mass is 32.1. The summed E-state index contributed by atoms with van der Waals surface area (Å²) in [6.07, 6.45) is 2.09. The minimum atomic E-state index is -0.0167. The molecule has 4 nitrogen and oxygen atoms in total. The Labute approximate surface area is 129 Å². The van der Waals surface area contributed by atoms with Crippen molar-refractivity contribution in [1.82, 2.24) is 9.88 Å². The van der Waals surface area contributed by atoms with Gasteiger partial charge in [-0.3, -0.25) is 4.79 Å². The van der Waals surface area contributed by atoms with Crippen molar-refractivity contribution < 1.29 is 4.79 Å². The summed E-state index contributed by atoms with van der Waals surface area (Å²) >= 11 is 1.45. The quantitative estimate of drug-likeness (QED) is 0.875. The Bertz CT molecular complexity index is 609. The summed E-state index contributed by atoms with van der Waals surface area (Å²) in [5.41, 5.74) is 2.68. The number of thiazole rings is 1. The van der Waals surface area contributed by atoms with Crippen LogP contribution in [0.5, 0.6) is 0 Å². The zero-order chi connectivity index (χ0) is 15.2. The molecule has 0 unspecified atom stereocenters. The Morgan fingerprint density at radius 2 is 2.24 bits per heavy atom. The molecule has 1 amide bonds. The highest BCUT2D eigenvalue weighted by Crippen LogP contribution is 2.22. The zero-order valence-electron chi connectivity index (χ0n) is 12.7. The first-order valence-corrected chi connectivity index (χ1v) is 8.03. The lowest BCUT2D eigenvalue weighted by Crippen LogP contribution is -2.27. The lowest BCUT2D eigenvalue weighted by atomic mass is 10.2. The van der Waals surface area contributed by atoms with E-state index in [0.29, 0.717) is 5.69 Å². The molecule has 1 aromatic carbocycles. The molecule has 0 fully saturated rings. The molecule has 0 saturated carbocycles. The van der Waals surface area contributed by atoms with Gasteiger partial charge in [-0.25, -0.2) is 4.98 Å². The summed E-state index contributed by atoms with van der Waals surface area (Å²) in [4.78, 5) is 18.3. The van der Waals surface area contributed by atoms with E-state index in [2.05, 4.69) is 23.3 Å². The Hall–Kier alpha value is -1.88. The molecule has 2 rings (SSSR count). The fraction of sp³-hybridized carbons (Fsp3) is 0.375. The molecule has 5 heteroatoms. The van der Waals surface area contributed by atoms with Crippen LogP contribution in [0.15, 0.2) is 29.6 Å². The molecular formula is C16H21N3OS. The Morgan fingerprint density at radius 1 is 1.43 bits per heavy atom. The van der Waals surface area contributed by atoms with E-state index in [1.165, 1.54) is 16.9 Å². The van der Waals surface area contributed by atoms with Crippen LogP contribution in [0.4, 0.5) is 10.8 Å². The van der Waals surface area contributed by atoms with Gasteiger partial charge < -0.3 is 10.2 Å². The number of benzene rings is 1. The van der Waals surface area contributed by atoms with Crippen molar-refractivity contribution in [2.24, 2.45) is 0 Å². The minimum Gasteiger partial charge on any atom is -0.340 e. The van der Waals surface area contributed by atoms with Crippen molar-refractivity contribution in [1.29, 1.82) is 0 Å². The summed E-state index contributed by atoms with van der Waals surface area (Å²) in [5, 5.41) is 5.79. The van der Waals surface area contributed by atoms with Gasteiger partial charge in [0.2, 0.25) is 0 Å². The number of carbonyl (C=O) groups excluding carboxylic acids is 1. The third-order valence-corrected chi connectivity index (χ3v) is 3.94. The molecule has 0 radical (unpaired) electrons. The Morgan fingerprint density at radius 3 is 2.95 bits per heavy atom. The fourth-order valence-corrected chi connectivity index (χ4v) is 2.67. The van der Waals surface area contributed by atoms with E-state index in [-0.39, 0.29) is 5.91 Å². The van der Waals surface area contributed by atoms with E-state index in [4.69, 9.17) is 0 Å². The first-order valence-electron chi connectivity index (χ1n) is 7.15. The summed E-state index contributed by atoms with van der Waals surface area (Å²) < 4.78 is 0. The maximum atomic E-state index is 12.2. The molecule has 1 aromatic heterocycles. The number of carbonyl (C=O) groups is 1. The van der Waals surface area contributed by atoms with Crippen molar-refractivity contribution in [3.63, 3.8) is 0 Å². The van der Waals surface area contributed by atoms with Crippen LogP contribution in [0.3, 0.4) is 0 Å². The maximum Gasteiger partial charge on any atom is 0.273 e. The van der Waals surface area contributed by atoms with Crippen LogP contribution >= 0.6 is 11.3 Å². The maximum absolute atomic E-state index is 12.2. The first kappa shape index (κ1) is 15.5. The van der Waals surface area contributed by atoms with Gasteiger partial charge in [0.25, 0.3) is 5.91 Å². The van der Waals surface area contributed by atoms with Crippen LogP contribution < -0.4 is 5.32 Å². The standard InChI is InChI=1S/C16H21N3OS/c1-4-5-9-19(3)15(20)14-11-21-16(18-14)17-13-8-6-7-12(2)10-13/h6-8,10-11H,4-5,9H2,1-3H3,(H,17,18). The number of amides is 1. The number of hydrogen-bond donors (Lipinski definition) is 1. The van der Waals surface area contributed by atoms with Gasteiger partial charge in [0, 0.05) is 24.7 Å². The zero-order valence-corrected chi connectivity index (χ0v) is 13.5. The molecule has 0 aliphatic carbocycles. The smallest absolute Gasteiger partial charge is 0.273 e.